The Kier molecular flexibility index (Phi) is 2.95. The Hall–Kier alpha value is -2.10. The molecule has 0 aliphatic rings. The SMILES string of the molecule is Cc1cc(C)c(NC(=O)c2cnc[nH]2)c(C)c1. The van der Waals surface area contributed by atoms with Crippen LogP contribution >= 0.6 is 0 Å². The van der Waals surface area contributed by atoms with Gasteiger partial charge in [-0.15, -0.1) is 0 Å². The van der Waals surface area contributed by atoms with Crippen molar-refractivity contribution in [2.75, 3.05) is 5.32 Å². The van der Waals surface area contributed by atoms with Crippen LogP contribution in [0.15, 0.2) is 24.7 Å². The number of nitrogens with zero attached hydrogens (tertiary/aromatic N) is 1. The molecule has 2 aromatic rings. The first-order valence-corrected chi connectivity index (χ1v) is 5.45. The molecule has 4 heteroatoms. The molecule has 0 unspecified atom stereocenters. The molecule has 4 nitrogen and oxygen atoms in total. The maximum absolute atomic E-state index is 11.9. The average molecular weight is 229 g/mol. The number of H-pyrrole nitrogens is 1. The summed E-state index contributed by atoms with van der Waals surface area (Å²) >= 11 is 0. The molecular weight excluding hydrogens is 214 g/mol. The summed E-state index contributed by atoms with van der Waals surface area (Å²) in [5, 5.41) is 2.90. The molecule has 1 heterocycles. The highest BCUT2D eigenvalue weighted by Crippen LogP contribution is 2.22. The van der Waals surface area contributed by atoms with Gasteiger partial charge in [-0.2, -0.15) is 0 Å². The Balaban J connectivity index is 2.28. The zero-order valence-corrected chi connectivity index (χ0v) is 10.2. The van der Waals surface area contributed by atoms with Crippen molar-refractivity contribution in [2.24, 2.45) is 0 Å². The molecule has 0 aliphatic heterocycles. The number of carbonyl (C=O) groups is 1. The van der Waals surface area contributed by atoms with E-state index in [0.717, 1.165) is 16.8 Å². The van der Waals surface area contributed by atoms with E-state index in [0.29, 0.717) is 5.69 Å². The summed E-state index contributed by atoms with van der Waals surface area (Å²) in [7, 11) is 0. The van der Waals surface area contributed by atoms with Crippen molar-refractivity contribution in [3.05, 3.63) is 47.0 Å². The zero-order valence-electron chi connectivity index (χ0n) is 10.2. The minimum absolute atomic E-state index is 0.169. The molecule has 0 aliphatic carbocycles. The first kappa shape index (κ1) is 11.4. The number of aromatic nitrogens is 2. The van der Waals surface area contributed by atoms with Crippen molar-refractivity contribution in [2.45, 2.75) is 20.8 Å². The lowest BCUT2D eigenvalue weighted by atomic mass is 10.1. The minimum atomic E-state index is -0.169. The number of hydrogen-bond acceptors (Lipinski definition) is 2. The molecule has 0 bridgehead atoms. The second kappa shape index (κ2) is 4.41. The van der Waals surface area contributed by atoms with Crippen molar-refractivity contribution in [3.63, 3.8) is 0 Å². The highest BCUT2D eigenvalue weighted by Gasteiger charge is 2.10. The summed E-state index contributed by atoms with van der Waals surface area (Å²) in [5.74, 6) is -0.169. The summed E-state index contributed by atoms with van der Waals surface area (Å²) in [6.45, 7) is 6.02. The van der Waals surface area contributed by atoms with Gasteiger partial charge in [-0.05, 0) is 31.9 Å². The van der Waals surface area contributed by atoms with Gasteiger partial charge < -0.3 is 10.3 Å². The molecule has 2 rings (SSSR count). The number of aromatic amines is 1. The maximum atomic E-state index is 11.9. The molecule has 1 amide bonds. The first-order chi connectivity index (χ1) is 8.08. The Morgan fingerprint density at radius 2 is 1.88 bits per heavy atom. The van der Waals surface area contributed by atoms with E-state index in [-0.39, 0.29) is 5.91 Å². The molecule has 0 saturated carbocycles. The molecule has 0 saturated heterocycles. The highest BCUT2D eigenvalue weighted by molar-refractivity contribution is 6.03. The fourth-order valence-electron chi connectivity index (χ4n) is 1.94. The maximum Gasteiger partial charge on any atom is 0.273 e. The van der Waals surface area contributed by atoms with Crippen LogP contribution in [0.4, 0.5) is 5.69 Å². The van der Waals surface area contributed by atoms with Gasteiger partial charge in [0.05, 0.1) is 12.5 Å². The standard InChI is InChI=1S/C13H15N3O/c1-8-4-9(2)12(10(3)5-8)16-13(17)11-6-14-7-15-11/h4-7H,1-3H3,(H,14,15)(H,16,17). The van der Waals surface area contributed by atoms with Crippen LogP contribution in [0.3, 0.4) is 0 Å². The van der Waals surface area contributed by atoms with E-state index in [2.05, 4.69) is 27.4 Å². The highest BCUT2D eigenvalue weighted by atomic mass is 16.1. The number of carbonyl (C=O) groups excluding carboxylic acids is 1. The van der Waals surface area contributed by atoms with Gasteiger partial charge in [0.1, 0.15) is 5.69 Å². The van der Waals surface area contributed by atoms with Crippen LogP contribution in [-0.2, 0) is 0 Å². The predicted octanol–water partition coefficient (Wildman–Crippen LogP) is 2.59. The number of benzene rings is 1. The van der Waals surface area contributed by atoms with Crippen LogP contribution in [0, 0.1) is 20.8 Å². The van der Waals surface area contributed by atoms with Crippen LogP contribution in [0.25, 0.3) is 0 Å². The summed E-state index contributed by atoms with van der Waals surface area (Å²) in [6.07, 6.45) is 3.00. The molecule has 1 aromatic heterocycles. The summed E-state index contributed by atoms with van der Waals surface area (Å²) in [6, 6.07) is 4.10. The molecule has 17 heavy (non-hydrogen) atoms. The number of amides is 1. The van der Waals surface area contributed by atoms with Crippen LogP contribution in [0.1, 0.15) is 27.2 Å². The van der Waals surface area contributed by atoms with Gasteiger partial charge in [-0.25, -0.2) is 4.98 Å². The Bertz CT molecular complexity index is 521. The third-order valence-corrected chi connectivity index (χ3v) is 2.66. The third kappa shape index (κ3) is 2.36. The van der Waals surface area contributed by atoms with Gasteiger partial charge in [0.25, 0.3) is 5.91 Å². The van der Waals surface area contributed by atoms with Crippen molar-refractivity contribution in [1.82, 2.24) is 9.97 Å². The lowest BCUT2D eigenvalue weighted by Crippen LogP contribution is -2.14. The van der Waals surface area contributed by atoms with E-state index < -0.39 is 0 Å². The van der Waals surface area contributed by atoms with Crippen LogP contribution in [0.5, 0.6) is 0 Å². The number of anilines is 1. The van der Waals surface area contributed by atoms with E-state index in [9.17, 15) is 4.79 Å². The number of imidazole rings is 1. The molecule has 0 spiro atoms. The third-order valence-electron chi connectivity index (χ3n) is 2.66. The van der Waals surface area contributed by atoms with Crippen molar-refractivity contribution in [3.8, 4) is 0 Å². The second-order valence-electron chi connectivity index (χ2n) is 4.19. The van der Waals surface area contributed by atoms with E-state index >= 15 is 0 Å². The summed E-state index contributed by atoms with van der Waals surface area (Å²) < 4.78 is 0. The molecule has 0 radical (unpaired) electrons. The van der Waals surface area contributed by atoms with Crippen molar-refractivity contribution >= 4 is 11.6 Å². The van der Waals surface area contributed by atoms with Gasteiger partial charge in [0.2, 0.25) is 0 Å². The van der Waals surface area contributed by atoms with Crippen LogP contribution in [-0.4, -0.2) is 15.9 Å². The Morgan fingerprint density at radius 3 is 2.41 bits per heavy atom. The number of nitrogens with one attached hydrogen (secondary N) is 2. The topological polar surface area (TPSA) is 57.8 Å². The Labute approximate surface area is 100 Å². The molecule has 1 aromatic carbocycles. The number of rotatable bonds is 2. The fourth-order valence-corrected chi connectivity index (χ4v) is 1.94. The average Bonchev–Trinajstić information content (AvgIpc) is 2.76. The van der Waals surface area contributed by atoms with Gasteiger partial charge in [0, 0.05) is 5.69 Å². The normalized spacial score (nSPS) is 10.3. The van der Waals surface area contributed by atoms with E-state index in [4.69, 9.17) is 0 Å². The first-order valence-electron chi connectivity index (χ1n) is 5.45. The van der Waals surface area contributed by atoms with Gasteiger partial charge in [0.15, 0.2) is 0 Å². The van der Waals surface area contributed by atoms with Gasteiger partial charge in [-0.1, -0.05) is 17.7 Å². The van der Waals surface area contributed by atoms with Gasteiger partial charge in [-0.3, -0.25) is 4.79 Å². The van der Waals surface area contributed by atoms with Crippen LogP contribution in [0.2, 0.25) is 0 Å². The summed E-state index contributed by atoms with van der Waals surface area (Å²) in [4.78, 5) is 18.5. The predicted molar refractivity (Wildman–Crippen MR) is 67.2 cm³/mol. The van der Waals surface area contributed by atoms with E-state index in [1.54, 1.807) is 0 Å². The van der Waals surface area contributed by atoms with Crippen molar-refractivity contribution in [1.29, 1.82) is 0 Å². The monoisotopic (exact) mass is 229 g/mol. The van der Waals surface area contributed by atoms with Crippen molar-refractivity contribution < 1.29 is 4.79 Å². The molecular formula is C13H15N3O. The van der Waals surface area contributed by atoms with Crippen LogP contribution < -0.4 is 5.32 Å². The van der Waals surface area contributed by atoms with Gasteiger partial charge >= 0.3 is 0 Å². The lowest BCUT2D eigenvalue weighted by Gasteiger charge is -2.12. The van der Waals surface area contributed by atoms with E-state index in [1.165, 1.54) is 18.1 Å². The molecule has 0 fully saturated rings. The quantitative estimate of drug-likeness (QED) is 0.831. The molecule has 0 atom stereocenters. The summed E-state index contributed by atoms with van der Waals surface area (Å²) in [5.41, 5.74) is 4.66. The molecule has 88 valence electrons. The zero-order chi connectivity index (χ0) is 12.4. The number of aryl methyl sites for hydroxylation is 3. The second-order valence-corrected chi connectivity index (χ2v) is 4.19. The minimum Gasteiger partial charge on any atom is -0.341 e. The smallest absolute Gasteiger partial charge is 0.273 e. The number of hydrogen-bond donors (Lipinski definition) is 2. The molecule has 2 N–H and O–H groups in total. The fraction of sp³-hybridized carbons (Fsp3) is 0.231. The Morgan fingerprint density at radius 1 is 1.24 bits per heavy atom. The van der Waals surface area contributed by atoms with E-state index in [1.807, 2.05) is 20.8 Å². The largest absolute Gasteiger partial charge is 0.341 e. The lowest BCUT2D eigenvalue weighted by molar-refractivity contribution is 0.102.